The van der Waals surface area contributed by atoms with Crippen molar-refractivity contribution in [3.63, 3.8) is 0 Å². The molecule has 3 aliphatic rings. The molecule has 2 aliphatic heterocycles. The number of fused-ring (bicyclic) bond motifs is 2. The number of ether oxygens (including phenoxy) is 2. The van der Waals surface area contributed by atoms with Crippen molar-refractivity contribution in [3.8, 4) is 17.2 Å². The number of aromatic nitrogens is 2. The molecule has 5 aromatic rings. The first kappa shape index (κ1) is 42.0. The van der Waals surface area contributed by atoms with Gasteiger partial charge in [0.1, 0.15) is 23.8 Å². The number of halogens is 1. The smallest absolute Gasteiger partial charge is 0.297 e. The van der Waals surface area contributed by atoms with Crippen molar-refractivity contribution in [2.24, 2.45) is 5.41 Å². The molecule has 15 nitrogen and oxygen atoms in total. The molecule has 0 spiro atoms. The Bertz CT molecular complexity index is 2610. The highest BCUT2D eigenvalue weighted by Crippen LogP contribution is 2.44. The van der Waals surface area contributed by atoms with Crippen LogP contribution in [0, 0.1) is 15.5 Å². The van der Waals surface area contributed by atoms with Gasteiger partial charge in [-0.1, -0.05) is 43.2 Å². The van der Waals surface area contributed by atoms with Gasteiger partial charge < -0.3 is 30.0 Å². The zero-order chi connectivity index (χ0) is 42.9. The van der Waals surface area contributed by atoms with Crippen LogP contribution in [0.5, 0.6) is 17.2 Å². The van der Waals surface area contributed by atoms with Crippen LogP contribution >= 0.6 is 11.6 Å². The number of anilines is 2. The summed E-state index contributed by atoms with van der Waals surface area (Å²) in [5.74, 6) is -0.517. The van der Waals surface area contributed by atoms with Gasteiger partial charge in [-0.05, 0) is 92.2 Å². The number of rotatable bonds is 13. The first-order chi connectivity index (χ1) is 29.2. The largest absolute Gasteiger partial charge is 0.489 e. The number of hydrogen-bond acceptors (Lipinski definition) is 12. The van der Waals surface area contributed by atoms with E-state index < -0.39 is 31.4 Å². The number of nitrogens with zero attached hydrogens (tertiary/aromatic N) is 4. The number of amides is 1. The maximum Gasteiger partial charge on any atom is 0.297 e. The Balaban J connectivity index is 1.03. The number of aromatic amines is 1. The van der Waals surface area contributed by atoms with Gasteiger partial charge in [0.2, 0.25) is 0 Å². The third kappa shape index (κ3) is 9.47. The van der Waals surface area contributed by atoms with Crippen molar-refractivity contribution >= 4 is 61.2 Å². The topological polar surface area (TPSA) is 184 Å². The second kappa shape index (κ2) is 17.4. The van der Waals surface area contributed by atoms with E-state index in [-0.39, 0.29) is 40.8 Å². The second-order valence-electron chi connectivity index (χ2n) is 16.6. The fourth-order valence-corrected chi connectivity index (χ4v) is 9.39. The summed E-state index contributed by atoms with van der Waals surface area (Å²) in [5.41, 5.74) is 5.32. The van der Waals surface area contributed by atoms with E-state index in [1.165, 1.54) is 35.0 Å². The molecule has 1 fully saturated rings. The Morgan fingerprint density at radius 2 is 1.87 bits per heavy atom. The number of carbonyl (C=O) groups is 1. The molecule has 4 heterocycles. The fourth-order valence-electron chi connectivity index (χ4n) is 8.26. The van der Waals surface area contributed by atoms with Crippen LogP contribution in [-0.4, -0.2) is 93.1 Å². The molecular weight excluding hydrogens is 820 g/mol. The molecule has 0 radical (unpaired) electrons. The van der Waals surface area contributed by atoms with Gasteiger partial charge in [0.05, 0.1) is 27.6 Å². The van der Waals surface area contributed by atoms with Crippen molar-refractivity contribution in [2.45, 2.75) is 50.5 Å². The first-order valence-corrected chi connectivity index (χ1v) is 22.2. The maximum absolute atomic E-state index is 14.0. The van der Waals surface area contributed by atoms with E-state index in [4.69, 9.17) is 21.1 Å². The molecule has 0 unspecified atom stereocenters. The Hall–Kier alpha value is -5.68. The Morgan fingerprint density at radius 1 is 1.08 bits per heavy atom. The molecule has 17 heteroatoms. The number of nitrogens with one attached hydrogen (secondary N) is 4. The van der Waals surface area contributed by atoms with Gasteiger partial charge in [0.15, 0.2) is 11.4 Å². The van der Waals surface area contributed by atoms with Gasteiger partial charge in [-0.3, -0.25) is 19.8 Å². The Morgan fingerprint density at radius 3 is 2.62 bits per heavy atom. The molecule has 61 heavy (non-hydrogen) atoms. The molecule has 0 bridgehead atoms. The van der Waals surface area contributed by atoms with Gasteiger partial charge in [0.25, 0.3) is 21.6 Å². The lowest BCUT2D eigenvalue weighted by Gasteiger charge is -2.39. The van der Waals surface area contributed by atoms with Crippen molar-refractivity contribution in [2.75, 3.05) is 63.1 Å². The number of nitro benzene ring substituents is 1. The lowest BCUT2D eigenvalue weighted by molar-refractivity contribution is -0.384. The molecule has 1 amide bonds. The molecule has 4 N–H and O–H groups in total. The van der Waals surface area contributed by atoms with Crippen LogP contribution in [0.3, 0.4) is 0 Å². The minimum absolute atomic E-state index is 0.00487. The molecule has 1 aliphatic carbocycles. The van der Waals surface area contributed by atoms with Crippen LogP contribution < -0.4 is 29.7 Å². The number of piperazine rings is 1. The summed E-state index contributed by atoms with van der Waals surface area (Å²) >= 11 is 6.24. The molecule has 2 aromatic heterocycles. The second-order valence-corrected chi connectivity index (χ2v) is 18.7. The van der Waals surface area contributed by atoms with Gasteiger partial charge in [-0.2, -0.15) is 0 Å². The minimum atomic E-state index is -4.63. The van der Waals surface area contributed by atoms with E-state index in [0.717, 1.165) is 74.1 Å². The highest BCUT2D eigenvalue weighted by atomic mass is 35.5. The van der Waals surface area contributed by atoms with Crippen LogP contribution in [0.15, 0.2) is 89.6 Å². The zero-order valence-electron chi connectivity index (χ0n) is 34.3. The number of hydrogen-bond donors (Lipinski definition) is 4. The van der Waals surface area contributed by atoms with Gasteiger partial charge in [-0.25, -0.2) is 18.1 Å². The standard InChI is InChI=1S/C44H49ClN8O7S/c1-44(2)13-10-30(37(24-44)28-4-6-31(45)7-5-28)26-51-16-18-52(19-17-51)33-8-9-36(39(21-33)60-34-20-29-11-15-47-42(29)48-25-34)43(54)50-61(57,58)35-22-38(53(55)56)41-40(23-35)59-27-32(49-41)12-14-46-3/h4-9,11,15,20-23,25,32,46,49H,10,12-14,16-19,24,26-27H2,1-3H3,(H,47,48)(H,50,54)/t32-/m0/s1. The van der Waals surface area contributed by atoms with E-state index in [2.05, 4.69) is 61.1 Å². The molecule has 0 saturated carbocycles. The number of allylic oxidation sites excluding steroid dienone is 1. The summed E-state index contributed by atoms with van der Waals surface area (Å²) in [5, 5.41) is 19.8. The van der Waals surface area contributed by atoms with Crippen LogP contribution in [-0.2, 0) is 10.0 Å². The fraction of sp³-hybridized carbons (Fsp3) is 0.364. The maximum atomic E-state index is 14.0. The predicted octanol–water partition coefficient (Wildman–Crippen LogP) is 7.60. The molecule has 8 rings (SSSR count). The zero-order valence-corrected chi connectivity index (χ0v) is 35.9. The monoisotopic (exact) mass is 868 g/mol. The van der Waals surface area contributed by atoms with Crippen LogP contribution in [0.1, 0.15) is 55.5 Å². The van der Waals surface area contributed by atoms with E-state index in [1.807, 2.05) is 18.2 Å². The highest BCUT2D eigenvalue weighted by molar-refractivity contribution is 7.90. The summed E-state index contributed by atoms with van der Waals surface area (Å²) in [6.07, 6.45) is 7.09. The van der Waals surface area contributed by atoms with Gasteiger partial charge >= 0.3 is 0 Å². The Kier molecular flexibility index (Phi) is 12.0. The highest BCUT2D eigenvalue weighted by Gasteiger charge is 2.33. The summed E-state index contributed by atoms with van der Waals surface area (Å²) in [6, 6.07) is 18.7. The summed E-state index contributed by atoms with van der Waals surface area (Å²) in [4.78, 5) is 37.1. The quantitative estimate of drug-likeness (QED) is 0.0672. The first-order valence-electron chi connectivity index (χ1n) is 20.4. The number of carbonyl (C=O) groups excluding carboxylic acids is 1. The van der Waals surface area contributed by atoms with E-state index in [0.29, 0.717) is 24.4 Å². The average molecular weight is 869 g/mol. The van der Waals surface area contributed by atoms with Crippen molar-refractivity contribution in [3.05, 3.63) is 111 Å². The van der Waals surface area contributed by atoms with E-state index in [1.54, 1.807) is 31.4 Å². The number of H-pyrrole nitrogens is 1. The lowest BCUT2D eigenvalue weighted by atomic mass is 9.72. The molecule has 3 aromatic carbocycles. The molecule has 1 saturated heterocycles. The van der Waals surface area contributed by atoms with E-state index >= 15 is 0 Å². The Labute approximate surface area is 359 Å². The lowest BCUT2D eigenvalue weighted by Crippen LogP contribution is -2.47. The van der Waals surface area contributed by atoms with Crippen molar-refractivity contribution in [1.82, 2.24) is 24.9 Å². The normalized spacial score (nSPS) is 18.0. The van der Waals surface area contributed by atoms with Crippen molar-refractivity contribution < 1.29 is 27.6 Å². The average Bonchev–Trinajstić information content (AvgIpc) is 3.71. The van der Waals surface area contributed by atoms with Crippen LogP contribution in [0.25, 0.3) is 16.6 Å². The SMILES string of the molecule is CNCC[C@H]1COc2cc(S(=O)(=O)NC(=O)c3ccc(N4CCN(CC5=C(c6ccc(Cl)cc6)CC(C)(C)CC5)CC4)cc3Oc3cnc4[nH]ccc4c3)cc([N+](=O)[O-])c2N1. The third-order valence-electron chi connectivity index (χ3n) is 11.7. The van der Waals surface area contributed by atoms with E-state index in [9.17, 15) is 23.3 Å². The van der Waals surface area contributed by atoms with Gasteiger partial charge in [0, 0.05) is 73.2 Å². The minimum Gasteiger partial charge on any atom is -0.489 e. The number of nitro groups is 1. The number of pyridine rings is 1. The summed E-state index contributed by atoms with van der Waals surface area (Å²) in [6.45, 7) is 9.43. The third-order valence-corrected chi connectivity index (χ3v) is 13.2. The predicted molar refractivity (Wildman–Crippen MR) is 236 cm³/mol. The van der Waals surface area contributed by atoms with Crippen LogP contribution in [0.4, 0.5) is 17.1 Å². The van der Waals surface area contributed by atoms with Crippen LogP contribution in [0.2, 0.25) is 5.02 Å². The number of benzene rings is 3. The molecular formula is C44H49ClN8O7S. The molecule has 320 valence electrons. The summed E-state index contributed by atoms with van der Waals surface area (Å²) in [7, 11) is -2.84. The van der Waals surface area contributed by atoms with Crippen molar-refractivity contribution in [1.29, 1.82) is 0 Å². The summed E-state index contributed by atoms with van der Waals surface area (Å²) < 4.78 is 41.8. The molecule has 1 atom stereocenters. The number of sulfonamides is 1. The van der Waals surface area contributed by atoms with Gasteiger partial charge in [-0.15, -0.1) is 0 Å².